The Bertz CT molecular complexity index is 347. The van der Waals surface area contributed by atoms with Gasteiger partial charge in [0, 0.05) is 18.3 Å². The summed E-state index contributed by atoms with van der Waals surface area (Å²) in [5.74, 6) is 0.699. The summed E-state index contributed by atoms with van der Waals surface area (Å²) in [6.45, 7) is 1.42. The molecule has 1 saturated carbocycles. The molecular formula is C12H18ClN3O. The first-order valence-electron chi connectivity index (χ1n) is 6.02. The minimum absolute atomic E-state index is 0.407. The van der Waals surface area contributed by atoms with Crippen LogP contribution in [0.1, 0.15) is 25.7 Å². The van der Waals surface area contributed by atoms with Crippen molar-refractivity contribution in [3.63, 3.8) is 0 Å². The maximum atomic E-state index is 5.80. The number of pyridine rings is 1. The molecule has 0 radical (unpaired) electrons. The van der Waals surface area contributed by atoms with Crippen LogP contribution in [-0.2, 0) is 4.74 Å². The van der Waals surface area contributed by atoms with Crippen LogP contribution in [0.5, 0.6) is 0 Å². The number of nitrogens with zero attached hydrogens (tertiary/aromatic N) is 1. The molecule has 1 heterocycles. The molecule has 94 valence electrons. The minimum atomic E-state index is 0.407. The van der Waals surface area contributed by atoms with Crippen molar-refractivity contribution >= 4 is 23.1 Å². The second-order valence-corrected chi connectivity index (χ2v) is 4.70. The van der Waals surface area contributed by atoms with Crippen LogP contribution in [0.3, 0.4) is 0 Å². The van der Waals surface area contributed by atoms with Crippen molar-refractivity contribution in [3.8, 4) is 0 Å². The van der Waals surface area contributed by atoms with E-state index in [1.54, 1.807) is 12.1 Å². The fourth-order valence-corrected chi connectivity index (χ4v) is 2.28. The van der Waals surface area contributed by atoms with Crippen molar-refractivity contribution in [1.82, 2.24) is 4.98 Å². The van der Waals surface area contributed by atoms with Gasteiger partial charge >= 0.3 is 0 Å². The van der Waals surface area contributed by atoms with E-state index in [9.17, 15) is 0 Å². The van der Waals surface area contributed by atoms with Gasteiger partial charge in [0.05, 0.1) is 12.7 Å². The van der Waals surface area contributed by atoms with E-state index in [4.69, 9.17) is 22.1 Å². The van der Waals surface area contributed by atoms with E-state index >= 15 is 0 Å². The third-order valence-electron chi connectivity index (χ3n) is 2.88. The van der Waals surface area contributed by atoms with Gasteiger partial charge in [-0.25, -0.2) is 4.98 Å². The summed E-state index contributed by atoms with van der Waals surface area (Å²) in [6.07, 6.45) is 5.44. The van der Waals surface area contributed by atoms with Gasteiger partial charge in [0.15, 0.2) is 0 Å². The first-order valence-corrected chi connectivity index (χ1v) is 6.40. The predicted octanol–water partition coefficient (Wildman–Crippen LogP) is 2.69. The zero-order chi connectivity index (χ0) is 12.1. The van der Waals surface area contributed by atoms with Crippen LogP contribution >= 0.6 is 11.6 Å². The van der Waals surface area contributed by atoms with E-state index in [2.05, 4.69) is 10.3 Å². The van der Waals surface area contributed by atoms with E-state index in [0.29, 0.717) is 29.4 Å². The Kier molecular flexibility index (Phi) is 4.45. The Morgan fingerprint density at radius 3 is 2.88 bits per heavy atom. The van der Waals surface area contributed by atoms with Crippen LogP contribution in [0.2, 0.25) is 5.15 Å². The molecule has 5 heteroatoms. The minimum Gasteiger partial charge on any atom is -0.399 e. The fourth-order valence-electron chi connectivity index (χ4n) is 2.07. The Morgan fingerprint density at radius 2 is 2.18 bits per heavy atom. The molecule has 17 heavy (non-hydrogen) atoms. The molecule has 0 bridgehead atoms. The molecular weight excluding hydrogens is 238 g/mol. The topological polar surface area (TPSA) is 60.2 Å². The third-order valence-corrected chi connectivity index (χ3v) is 3.07. The Labute approximate surface area is 107 Å². The number of anilines is 2. The van der Waals surface area contributed by atoms with E-state index in [0.717, 1.165) is 6.54 Å². The highest BCUT2D eigenvalue weighted by Gasteiger charge is 2.14. The predicted molar refractivity (Wildman–Crippen MR) is 70.4 cm³/mol. The quantitative estimate of drug-likeness (QED) is 0.627. The summed E-state index contributed by atoms with van der Waals surface area (Å²) in [5, 5.41) is 3.56. The van der Waals surface area contributed by atoms with Gasteiger partial charge in [-0.05, 0) is 18.9 Å². The van der Waals surface area contributed by atoms with Crippen molar-refractivity contribution in [2.24, 2.45) is 0 Å². The number of ether oxygens (including phenoxy) is 1. The number of rotatable bonds is 5. The lowest BCUT2D eigenvalue weighted by molar-refractivity contribution is 0.0658. The maximum Gasteiger partial charge on any atom is 0.133 e. The molecule has 1 aromatic heterocycles. The molecule has 0 atom stereocenters. The molecule has 1 aromatic rings. The number of nitrogen functional groups attached to an aromatic ring is 1. The van der Waals surface area contributed by atoms with Crippen LogP contribution in [0.15, 0.2) is 12.1 Å². The van der Waals surface area contributed by atoms with Crippen LogP contribution in [0.25, 0.3) is 0 Å². The number of nitrogens with one attached hydrogen (secondary N) is 1. The zero-order valence-corrected chi connectivity index (χ0v) is 10.5. The van der Waals surface area contributed by atoms with Gasteiger partial charge in [-0.3, -0.25) is 0 Å². The lowest BCUT2D eigenvalue weighted by Gasteiger charge is -2.12. The molecule has 1 aliphatic carbocycles. The molecule has 1 fully saturated rings. The highest BCUT2D eigenvalue weighted by atomic mass is 35.5. The average molecular weight is 256 g/mol. The summed E-state index contributed by atoms with van der Waals surface area (Å²) < 4.78 is 5.73. The second kappa shape index (κ2) is 6.07. The summed E-state index contributed by atoms with van der Waals surface area (Å²) >= 11 is 5.80. The molecule has 0 aromatic carbocycles. The standard InChI is InChI=1S/C12H18ClN3O/c13-11-7-9(14)8-12(16-11)15-5-6-17-10-3-1-2-4-10/h7-8,10H,1-6H2,(H3,14,15,16). The first-order chi connectivity index (χ1) is 8.24. The van der Waals surface area contributed by atoms with Crippen molar-refractivity contribution in [2.75, 3.05) is 24.2 Å². The molecule has 4 nitrogen and oxygen atoms in total. The molecule has 0 saturated heterocycles. The highest BCUT2D eigenvalue weighted by molar-refractivity contribution is 6.29. The summed E-state index contributed by atoms with van der Waals surface area (Å²) in [7, 11) is 0. The Morgan fingerprint density at radius 1 is 1.41 bits per heavy atom. The van der Waals surface area contributed by atoms with Crippen LogP contribution in [0.4, 0.5) is 11.5 Å². The lowest BCUT2D eigenvalue weighted by Crippen LogP contribution is -2.15. The molecule has 0 spiro atoms. The second-order valence-electron chi connectivity index (χ2n) is 4.31. The van der Waals surface area contributed by atoms with Crippen molar-refractivity contribution in [1.29, 1.82) is 0 Å². The van der Waals surface area contributed by atoms with Crippen LogP contribution < -0.4 is 11.1 Å². The highest BCUT2D eigenvalue weighted by Crippen LogP contribution is 2.20. The molecule has 1 aliphatic rings. The van der Waals surface area contributed by atoms with Crippen molar-refractivity contribution in [2.45, 2.75) is 31.8 Å². The lowest BCUT2D eigenvalue weighted by atomic mass is 10.3. The van der Waals surface area contributed by atoms with Gasteiger partial charge in [-0.1, -0.05) is 24.4 Å². The van der Waals surface area contributed by atoms with E-state index in [-0.39, 0.29) is 0 Å². The van der Waals surface area contributed by atoms with Gasteiger partial charge in [-0.15, -0.1) is 0 Å². The smallest absolute Gasteiger partial charge is 0.133 e. The van der Waals surface area contributed by atoms with Crippen molar-refractivity contribution < 1.29 is 4.74 Å². The molecule has 0 amide bonds. The van der Waals surface area contributed by atoms with Crippen molar-refractivity contribution in [3.05, 3.63) is 17.3 Å². The number of aromatic nitrogens is 1. The average Bonchev–Trinajstić information content (AvgIpc) is 2.76. The molecule has 0 unspecified atom stereocenters. The van der Waals surface area contributed by atoms with Crippen LogP contribution in [0, 0.1) is 0 Å². The van der Waals surface area contributed by atoms with Gasteiger partial charge in [-0.2, -0.15) is 0 Å². The fraction of sp³-hybridized carbons (Fsp3) is 0.583. The zero-order valence-electron chi connectivity index (χ0n) is 9.79. The van der Waals surface area contributed by atoms with Crippen LogP contribution in [-0.4, -0.2) is 24.2 Å². The number of hydrogen-bond acceptors (Lipinski definition) is 4. The number of halogens is 1. The van der Waals surface area contributed by atoms with Gasteiger partial charge in [0.2, 0.25) is 0 Å². The van der Waals surface area contributed by atoms with E-state index in [1.807, 2.05) is 0 Å². The van der Waals surface area contributed by atoms with Gasteiger partial charge < -0.3 is 15.8 Å². The normalized spacial score (nSPS) is 16.3. The first kappa shape index (κ1) is 12.5. The molecule has 2 rings (SSSR count). The van der Waals surface area contributed by atoms with Gasteiger partial charge in [0.25, 0.3) is 0 Å². The number of nitrogens with two attached hydrogens (primary N) is 1. The van der Waals surface area contributed by atoms with E-state index < -0.39 is 0 Å². The van der Waals surface area contributed by atoms with Gasteiger partial charge in [0.1, 0.15) is 11.0 Å². The Hall–Kier alpha value is -1.00. The number of hydrogen-bond donors (Lipinski definition) is 2. The summed E-state index contributed by atoms with van der Waals surface area (Å²) in [5.41, 5.74) is 6.28. The third kappa shape index (κ3) is 4.06. The molecule has 0 aliphatic heterocycles. The summed E-state index contributed by atoms with van der Waals surface area (Å²) in [4.78, 5) is 4.12. The monoisotopic (exact) mass is 255 g/mol. The maximum absolute atomic E-state index is 5.80. The SMILES string of the molecule is Nc1cc(Cl)nc(NCCOC2CCCC2)c1. The van der Waals surface area contributed by atoms with E-state index in [1.165, 1.54) is 25.7 Å². The largest absolute Gasteiger partial charge is 0.399 e. The Balaban J connectivity index is 1.70. The molecule has 3 N–H and O–H groups in total. The summed E-state index contributed by atoms with van der Waals surface area (Å²) in [6, 6.07) is 3.39.